The number of methoxy groups -OCH3 is 1. The van der Waals surface area contributed by atoms with Crippen LogP contribution in [0.3, 0.4) is 0 Å². The van der Waals surface area contributed by atoms with Crippen molar-refractivity contribution >= 4 is 16.9 Å². The van der Waals surface area contributed by atoms with Crippen LogP contribution in [-0.4, -0.2) is 78.3 Å². The summed E-state index contributed by atoms with van der Waals surface area (Å²) in [6.45, 7) is 6.14. The zero-order valence-corrected chi connectivity index (χ0v) is 24.1. The Bertz CT molecular complexity index is 1030. The number of nitrogens with zero attached hydrogens (tertiary/aromatic N) is 3. The Balaban J connectivity index is 1.39. The van der Waals surface area contributed by atoms with Crippen molar-refractivity contribution in [2.45, 2.75) is 63.6 Å². The van der Waals surface area contributed by atoms with Crippen molar-refractivity contribution in [3.8, 4) is 5.75 Å². The maximum Gasteiger partial charge on any atom is 0.248 e. The van der Waals surface area contributed by atoms with Gasteiger partial charge in [-0.15, -0.1) is 0 Å². The van der Waals surface area contributed by atoms with Gasteiger partial charge in [0.1, 0.15) is 23.3 Å². The molecule has 204 valence electrons. The smallest absolute Gasteiger partial charge is 0.248 e. The minimum atomic E-state index is -1.32. The first kappa shape index (κ1) is 29.3. The number of hydrogen-bond acceptors (Lipinski definition) is 5. The second-order valence-corrected chi connectivity index (χ2v) is 11.7. The number of amides is 1. The molecule has 1 saturated carbocycles. The first-order chi connectivity index (χ1) is 17.7. The number of likely N-dealkylation sites (N-methyl/N-ethyl adjacent to an activating group) is 2. The van der Waals surface area contributed by atoms with E-state index in [9.17, 15) is 9.00 Å². The van der Waals surface area contributed by atoms with Crippen molar-refractivity contribution in [2.75, 3.05) is 48.0 Å². The molecule has 0 N–H and O–H groups in total. The lowest BCUT2D eigenvalue weighted by molar-refractivity contribution is -0.135. The number of carbonyl (C=O) groups is 1. The molecule has 1 atom stereocenters. The van der Waals surface area contributed by atoms with Crippen LogP contribution in [0.15, 0.2) is 41.3 Å². The molecule has 2 aromatic carbocycles. The van der Waals surface area contributed by atoms with E-state index >= 15 is 0 Å². The van der Waals surface area contributed by atoms with Crippen LogP contribution in [0.5, 0.6) is 5.75 Å². The van der Waals surface area contributed by atoms with E-state index in [1.807, 2.05) is 26.0 Å². The highest BCUT2D eigenvalue weighted by atomic mass is 32.2. The van der Waals surface area contributed by atoms with Crippen LogP contribution in [0.2, 0.25) is 0 Å². The highest BCUT2D eigenvalue weighted by molar-refractivity contribution is 7.82. The summed E-state index contributed by atoms with van der Waals surface area (Å²) in [6.07, 6.45) is 5.30. The molecule has 0 saturated heterocycles. The lowest BCUT2D eigenvalue weighted by Gasteiger charge is -2.24. The molecule has 0 radical (unpaired) electrons. The molecule has 2 aromatic rings. The summed E-state index contributed by atoms with van der Waals surface area (Å²) >= 11 is 0. The summed E-state index contributed by atoms with van der Waals surface area (Å²) in [5.74, 6) is 0.683. The molecule has 0 aliphatic heterocycles. The number of rotatable bonds is 13. The van der Waals surface area contributed by atoms with Crippen LogP contribution in [-0.2, 0) is 33.6 Å². The first-order valence-electron chi connectivity index (χ1n) is 13.1. The van der Waals surface area contributed by atoms with Crippen LogP contribution >= 0.6 is 0 Å². The monoisotopic (exact) mass is 529 g/mol. The quantitative estimate of drug-likeness (QED) is 0.362. The van der Waals surface area contributed by atoms with Gasteiger partial charge in [-0.25, -0.2) is 8.51 Å². The minimum absolute atomic E-state index is 0.00182. The van der Waals surface area contributed by atoms with Gasteiger partial charge in [0.15, 0.2) is 0 Å². The SMILES string of the molecule is COc1cc(C)c(S(=O)N(C)CCOCC(=O)N(C)Cc2ccc(CN(C)C3CCCC3)cc2)c(C)c1. The van der Waals surface area contributed by atoms with Crippen LogP contribution in [0, 0.1) is 13.8 Å². The van der Waals surface area contributed by atoms with Crippen molar-refractivity contribution < 1.29 is 18.5 Å². The molecule has 1 aliphatic rings. The number of aryl methyl sites for hydroxylation is 2. The molecule has 1 aliphatic carbocycles. The highest BCUT2D eigenvalue weighted by Crippen LogP contribution is 2.26. The molecular formula is C29H43N3O4S. The lowest BCUT2D eigenvalue weighted by Crippen LogP contribution is -2.32. The third kappa shape index (κ3) is 8.37. The average molecular weight is 530 g/mol. The van der Waals surface area contributed by atoms with E-state index in [-0.39, 0.29) is 12.5 Å². The van der Waals surface area contributed by atoms with E-state index in [1.54, 1.807) is 30.4 Å². The second-order valence-electron chi connectivity index (χ2n) is 10.2. The molecule has 1 fully saturated rings. The Morgan fingerprint density at radius 3 is 2.11 bits per heavy atom. The molecule has 1 amide bonds. The summed E-state index contributed by atoms with van der Waals surface area (Å²) in [4.78, 5) is 17.5. The molecule has 0 bridgehead atoms. The van der Waals surface area contributed by atoms with Gasteiger partial charge < -0.3 is 14.4 Å². The predicted octanol–water partition coefficient (Wildman–Crippen LogP) is 4.32. The van der Waals surface area contributed by atoms with E-state index in [0.717, 1.165) is 33.9 Å². The molecule has 0 spiro atoms. The Morgan fingerprint density at radius 1 is 0.973 bits per heavy atom. The van der Waals surface area contributed by atoms with E-state index in [1.165, 1.54) is 31.2 Å². The van der Waals surface area contributed by atoms with E-state index < -0.39 is 11.0 Å². The predicted molar refractivity (Wildman–Crippen MR) is 149 cm³/mol. The van der Waals surface area contributed by atoms with Gasteiger partial charge in [-0.1, -0.05) is 37.1 Å². The number of hydrogen-bond donors (Lipinski definition) is 0. The normalized spacial score (nSPS) is 14.9. The van der Waals surface area contributed by atoms with Gasteiger partial charge in [0, 0.05) is 39.8 Å². The summed E-state index contributed by atoms with van der Waals surface area (Å²) in [5.41, 5.74) is 4.25. The second kappa shape index (κ2) is 14.0. The first-order valence-corrected chi connectivity index (χ1v) is 14.2. The fraction of sp³-hybridized carbons (Fsp3) is 0.552. The standard InChI is InChI=1S/C29H43N3O4S/c1-22-17-27(35-6)18-23(2)29(22)37(34)32(5)15-16-36-21-28(33)31(4)20-25-13-11-24(12-14-25)19-30(3)26-9-7-8-10-26/h11-14,17-18,26H,7-10,15-16,19-21H2,1-6H3. The Kier molecular flexibility index (Phi) is 11.1. The Morgan fingerprint density at radius 2 is 1.54 bits per heavy atom. The molecule has 1 unspecified atom stereocenters. The number of ether oxygens (including phenoxy) is 2. The summed E-state index contributed by atoms with van der Waals surface area (Å²) < 4.78 is 25.7. The Labute approximate surface area is 225 Å². The third-order valence-corrected chi connectivity index (χ3v) is 8.89. The van der Waals surface area contributed by atoms with Crippen molar-refractivity contribution in [3.05, 3.63) is 58.7 Å². The van der Waals surface area contributed by atoms with Gasteiger partial charge in [-0.05, 0) is 68.1 Å². The maximum absolute atomic E-state index is 13.0. The lowest BCUT2D eigenvalue weighted by atomic mass is 10.1. The van der Waals surface area contributed by atoms with E-state index in [4.69, 9.17) is 9.47 Å². The fourth-order valence-electron chi connectivity index (χ4n) is 4.88. The van der Waals surface area contributed by atoms with E-state index in [0.29, 0.717) is 25.7 Å². The van der Waals surface area contributed by atoms with E-state index in [2.05, 4.69) is 36.2 Å². The summed E-state index contributed by atoms with van der Waals surface area (Å²) in [6, 6.07) is 13.0. The zero-order chi connectivity index (χ0) is 26.9. The number of carbonyl (C=O) groups excluding carboxylic acids is 1. The molecule has 37 heavy (non-hydrogen) atoms. The van der Waals surface area contributed by atoms with Gasteiger partial charge >= 0.3 is 0 Å². The highest BCUT2D eigenvalue weighted by Gasteiger charge is 2.20. The molecule has 0 aromatic heterocycles. The van der Waals surface area contributed by atoms with Crippen LogP contribution in [0.4, 0.5) is 0 Å². The molecular weight excluding hydrogens is 486 g/mol. The van der Waals surface area contributed by atoms with Crippen molar-refractivity contribution in [1.29, 1.82) is 0 Å². The summed E-state index contributed by atoms with van der Waals surface area (Å²) in [7, 11) is 6.11. The molecule has 3 rings (SSSR count). The van der Waals surface area contributed by atoms with Crippen molar-refractivity contribution in [2.24, 2.45) is 0 Å². The largest absolute Gasteiger partial charge is 0.497 e. The van der Waals surface area contributed by atoms with Gasteiger partial charge in [-0.2, -0.15) is 0 Å². The molecule has 0 heterocycles. The van der Waals surface area contributed by atoms with Gasteiger partial charge in [0.2, 0.25) is 5.91 Å². The third-order valence-electron chi connectivity index (χ3n) is 7.15. The maximum atomic E-state index is 13.0. The topological polar surface area (TPSA) is 62.3 Å². The average Bonchev–Trinajstić information content (AvgIpc) is 3.42. The minimum Gasteiger partial charge on any atom is -0.497 e. The van der Waals surface area contributed by atoms with Crippen LogP contribution in [0.25, 0.3) is 0 Å². The molecule has 7 nitrogen and oxygen atoms in total. The van der Waals surface area contributed by atoms with Gasteiger partial charge in [0.25, 0.3) is 0 Å². The Hall–Kier alpha value is -2.26. The fourth-order valence-corrected chi connectivity index (χ4v) is 6.10. The van der Waals surface area contributed by atoms with Gasteiger partial charge in [0.05, 0.1) is 18.6 Å². The summed E-state index contributed by atoms with van der Waals surface area (Å²) in [5, 5.41) is 0. The molecule has 8 heteroatoms. The van der Waals surface area contributed by atoms with Crippen LogP contribution < -0.4 is 4.74 Å². The zero-order valence-electron chi connectivity index (χ0n) is 23.3. The number of benzene rings is 2. The van der Waals surface area contributed by atoms with Crippen molar-refractivity contribution in [1.82, 2.24) is 14.1 Å². The van der Waals surface area contributed by atoms with Crippen LogP contribution in [0.1, 0.15) is 47.9 Å². The van der Waals surface area contributed by atoms with Gasteiger partial charge in [-0.3, -0.25) is 9.69 Å². The van der Waals surface area contributed by atoms with Crippen molar-refractivity contribution in [3.63, 3.8) is 0 Å².